The van der Waals surface area contributed by atoms with Crippen molar-refractivity contribution in [1.29, 1.82) is 5.26 Å². The highest BCUT2D eigenvalue weighted by atomic mass is 35.5. The van der Waals surface area contributed by atoms with Crippen molar-refractivity contribution in [1.82, 2.24) is 10.3 Å². The van der Waals surface area contributed by atoms with Crippen molar-refractivity contribution in [2.75, 3.05) is 6.61 Å². The average Bonchev–Trinajstić information content (AvgIpc) is 3.04. The number of rotatable bonds is 3. The van der Waals surface area contributed by atoms with Crippen LogP contribution in [0.4, 0.5) is 0 Å². The molecule has 0 aromatic carbocycles. The van der Waals surface area contributed by atoms with Crippen LogP contribution in [0, 0.1) is 11.3 Å². The van der Waals surface area contributed by atoms with E-state index >= 15 is 0 Å². The predicted molar refractivity (Wildman–Crippen MR) is 103 cm³/mol. The number of nitrogens with one attached hydrogen (secondary N) is 1. The quantitative estimate of drug-likeness (QED) is 0.827. The van der Waals surface area contributed by atoms with Gasteiger partial charge in [-0.3, -0.25) is 0 Å². The largest absolute Gasteiger partial charge is 0.369 e. The summed E-state index contributed by atoms with van der Waals surface area (Å²) in [6.45, 7) is 2.94. The maximum Gasteiger partial charge on any atom is 0.140 e. The molecule has 4 heterocycles. The second-order valence-electron chi connectivity index (χ2n) is 7.17. The molecule has 0 amide bonds. The fourth-order valence-corrected chi connectivity index (χ4v) is 5.80. The van der Waals surface area contributed by atoms with Crippen molar-refractivity contribution in [3.63, 3.8) is 0 Å². The van der Waals surface area contributed by atoms with E-state index in [0.717, 1.165) is 48.7 Å². The van der Waals surface area contributed by atoms with Crippen LogP contribution in [0.3, 0.4) is 0 Å². The number of hydrogen-bond donors (Lipinski definition) is 1. The van der Waals surface area contributed by atoms with Gasteiger partial charge in [-0.15, -0.1) is 11.3 Å². The Morgan fingerprint density at radius 2 is 2.35 bits per heavy atom. The minimum atomic E-state index is -0.300. The smallest absolute Gasteiger partial charge is 0.140 e. The van der Waals surface area contributed by atoms with E-state index in [1.54, 1.807) is 17.4 Å². The molecule has 1 saturated heterocycles. The highest BCUT2D eigenvalue weighted by Crippen LogP contribution is 2.50. The molecule has 4 rings (SSSR count). The van der Waals surface area contributed by atoms with E-state index in [-0.39, 0.29) is 11.6 Å². The summed E-state index contributed by atoms with van der Waals surface area (Å²) < 4.78 is 7.29. The third kappa shape index (κ3) is 3.27. The summed E-state index contributed by atoms with van der Waals surface area (Å²) in [4.78, 5) is 5.84. The Morgan fingerprint density at radius 1 is 1.46 bits per heavy atom. The number of ether oxygens (including phenoxy) is 1. The molecule has 0 aliphatic carbocycles. The summed E-state index contributed by atoms with van der Waals surface area (Å²) >= 11 is 8.00. The molecule has 3 unspecified atom stereocenters. The topological polar surface area (TPSA) is 57.9 Å². The number of piperidine rings is 1. The molecule has 2 aliphatic rings. The molecule has 1 fully saturated rings. The van der Waals surface area contributed by atoms with Gasteiger partial charge in [-0.05, 0) is 43.0 Å². The highest BCUT2D eigenvalue weighted by molar-refractivity contribution is 7.16. The van der Waals surface area contributed by atoms with Crippen molar-refractivity contribution in [3.05, 3.63) is 50.4 Å². The fraction of sp³-hybridized carbons (Fsp3) is 0.500. The normalized spacial score (nSPS) is 27.9. The number of halogens is 1. The summed E-state index contributed by atoms with van der Waals surface area (Å²) in [7, 11) is 0. The molecule has 0 bridgehead atoms. The van der Waals surface area contributed by atoms with E-state index in [2.05, 4.69) is 29.4 Å². The molecule has 3 atom stereocenters. The van der Waals surface area contributed by atoms with Crippen LogP contribution in [0.25, 0.3) is 0 Å². The van der Waals surface area contributed by atoms with Gasteiger partial charge in [0.2, 0.25) is 0 Å². The van der Waals surface area contributed by atoms with Gasteiger partial charge in [-0.1, -0.05) is 31.0 Å². The Labute approximate surface area is 163 Å². The summed E-state index contributed by atoms with van der Waals surface area (Å²) in [5.74, 6) is 0. The molecule has 1 N–H and O–H groups in total. The summed E-state index contributed by atoms with van der Waals surface area (Å²) in [5.41, 5.74) is 2.41. The van der Waals surface area contributed by atoms with E-state index in [1.807, 2.05) is 12.1 Å². The van der Waals surface area contributed by atoms with E-state index in [4.69, 9.17) is 16.3 Å². The fourth-order valence-electron chi connectivity index (χ4n) is 4.34. The van der Waals surface area contributed by atoms with E-state index in [0.29, 0.717) is 11.7 Å². The second kappa shape index (κ2) is 7.28. The standard InChI is InChI=1S/C20H22ClN3OS/c1-2-4-14-10-20(19-13(7-8-25-20)9-18(21)26-19)11-17(23-14)16-6-3-5-15(12-22)24-16/h3,5-6,9,14,17,23H,2,4,7-8,10-11H2,1H3. The van der Waals surface area contributed by atoms with Gasteiger partial charge in [0.05, 0.1) is 22.7 Å². The molecule has 1 spiro atoms. The average molecular weight is 388 g/mol. The zero-order valence-corrected chi connectivity index (χ0v) is 16.4. The lowest BCUT2D eigenvalue weighted by molar-refractivity contribution is -0.0980. The van der Waals surface area contributed by atoms with Gasteiger partial charge in [0.15, 0.2) is 0 Å². The van der Waals surface area contributed by atoms with Gasteiger partial charge in [-0.2, -0.15) is 5.26 Å². The summed E-state index contributed by atoms with van der Waals surface area (Å²) in [6.07, 6.45) is 4.91. The van der Waals surface area contributed by atoms with Crippen LogP contribution in [0.5, 0.6) is 0 Å². The Hall–Kier alpha value is -1.45. The number of aromatic nitrogens is 1. The van der Waals surface area contributed by atoms with Gasteiger partial charge >= 0.3 is 0 Å². The Kier molecular flexibility index (Phi) is 5.02. The molecule has 6 heteroatoms. The minimum absolute atomic E-state index is 0.0698. The van der Waals surface area contributed by atoms with Crippen molar-refractivity contribution >= 4 is 22.9 Å². The van der Waals surface area contributed by atoms with Crippen LogP contribution in [0.1, 0.15) is 60.5 Å². The molecule has 2 aromatic rings. The summed E-state index contributed by atoms with van der Waals surface area (Å²) in [6, 6.07) is 10.3. The molecule has 2 aliphatic heterocycles. The molecular weight excluding hydrogens is 366 g/mol. The van der Waals surface area contributed by atoms with Crippen molar-refractivity contribution in [3.8, 4) is 6.07 Å². The Bertz CT molecular complexity index is 846. The zero-order valence-electron chi connectivity index (χ0n) is 14.8. The van der Waals surface area contributed by atoms with E-state index in [9.17, 15) is 5.26 Å². The van der Waals surface area contributed by atoms with Gasteiger partial charge in [-0.25, -0.2) is 4.98 Å². The third-order valence-corrected chi connectivity index (χ3v) is 6.86. The third-order valence-electron chi connectivity index (χ3n) is 5.37. The lowest BCUT2D eigenvalue weighted by atomic mass is 9.77. The second-order valence-corrected chi connectivity index (χ2v) is 8.85. The first-order chi connectivity index (χ1) is 12.6. The number of fused-ring (bicyclic) bond motifs is 2. The lowest BCUT2D eigenvalue weighted by Gasteiger charge is -2.46. The highest BCUT2D eigenvalue weighted by Gasteiger charge is 2.47. The first kappa shape index (κ1) is 17.9. The van der Waals surface area contributed by atoms with Gasteiger partial charge < -0.3 is 10.1 Å². The van der Waals surface area contributed by atoms with Crippen LogP contribution < -0.4 is 5.32 Å². The predicted octanol–water partition coefficient (Wildman–Crippen LogP) is 4.73. The molecule has 2 aromatic heterocycles. The van der Waals surface area contributed by atoms with Crippen molar-refractivity contribution in [2.45, 2.75) is 56.7 Å². The zero-order chi connectivity index (χ0) is 18.1. The van der Waals surface area contributed by atoms with Crippen LogP contribution in [0.2, 0.25) is 4.34 Å². The first-order valence-corrected chi connectivity index (χ1v) is 10.4. The molecule has 4 nitrogen and oxygen atoms in total. The molecule has 26 heavy (non-hydrogen) atoms. The van der Waals surface area contributed by atoms with Crippen LogP contribution in [-0.2, 0) is 16.8 Å². The number of nitrogens with zero attached hydrogens (tertiary/aromatic N) is 2. The van der Waals surface area contributed by atoms with Crippen LogP contribution >= 0.6 is 22.9 Å². The maximum absolute atomic E-state index is 9.20. The van der Waals surface area contributed by atoms with Crippen molar-refractivity contribution < 1.29 is 4.74 Å². The summed E-state index contributed by atoms with van der Waals surface area (Å²) in [5, 5.41) is 13.0. The number of thiophene rings is 1. The number of pyridine rings is 1. The van der Waals surface area contributed by atoms with E-state index < -0.39 is 0 Å². The molecule has 136 valence electrons. The monoisotopic (exact) mass is 387 g/mol. The number of hydrogen-bond acceptors (Lipinski definition) is 5. The molecule has 0 radical (unpaired) electrons. The van der Waals surface area contributed by atoms with Crippen LogP contribution in [0.15, 0.2) is 24.3 Å². The van der Waals surface area contributed by atoms with Gasteiger partial charge in [0, 0.05) is 17.3 Å². The van der Waals surface area contributed by atoms with Crippen LogP contribution in [-0.4, -0.2) is 17.6 Å². The Morgan fingerprint density at radius 3 is 3.15 bits per heavy atom. The first-order valence-electron chi connectivity index (χ1n) is 9.19. The SMILES string of the molecule is CCCC1CC2(CC(c3cccc(C#N)n3)N1)OCCc1cc(Cl)sc12. The van der Waals surface area contributed by atoms with Gasteiger partial charge in [0.1, 0.15) is 17.4 Å². The van der Waals surface area contributed by atoms with Gasteiger partial charge in [0.25, 0.3) is 0 Å². The lowest BCUT2D eigenvalue weighted by Crippen LogP contribution is -2.50. The van der Waals surface area contributed by atoms with E-state index in [1.165, 1.54) is 10.4 Å². The molecule has 0 saturated carbocycles. The maximum atomic E-state index is 9.20. The minimum Gasteiger partial charge on any atom is -0.369 e. The Balaban J connectivity index is 1.73. The molecular formula is C20H22ClN3OS. The number of nitriles is 1. The van der Waals surface area contributed by atoms with Crippen molar-refractivity contribution in [2.24, 2.45) is 0 Å².